The van der Waals surface area contributed by atoms with Gasteiger partial charge in [0, 0.05) is 13.6 Å². The number of ether oxygens (including phenoxy) is 1. The number of nitrogens with one attached hydrogen (secondary N) is 1. The summed E-state index contributed by atoms with van der Waals surface area (Å²) in [5, 5.41) is 19.6. The molecule has 0 fully saturated rings. The molecule has 0 aromatic heterocycles. The summed E-state index contributed by atoms with van der Waals surface area (Å²) < 4.78 is 5.25. The van der Waals surface area contributed by atoms with Crippen LogP contribution in [0.2, 0.25) is 0 Å². The maximum Gasteiger partial charge on any atom is 0.328 e. The Bertz CT molecular complexity index is 257. The van der Waals surface area contributed by atoms with Crippen molar-refractivity contribution >= 4 is 12.0 Å². The highest BCUT2D eigenvalue weighted by molar-refractivity contribution is 5.82. The number of rotatable bonds is 7. The largest absolute Gasteiger partial charge is 0.480 e. The summed E-state index contributed by atoms with van der Waals surface area (Å²) in [4.78, 5) is 23.4. The summed E-state index contributed by atoms with van der Waals surface area (Å²) in [6.45, 7) is 3.84. The van der Waals surface area contributed by atoms with Gasteiger partial charge in [0.2, 0.25) is 0 Å². The molecule has 7 heteroatoms. The minimum atomic E-state index is -1.28. The smallest absolute Gasteiger partial charge is 0.328 e. The lowest BCUT2D eigenvalue weighted by Crippen LogP contribution is -2.49. The van der Waals surface area contributed by atoms with E-state index < -0.39 is 24.6 Å². The second kappa shape index (κ2) is 7.86. The van der Waals surface area contributed by atoms with Crippen LogP contribution in [0.1, 0.15) is 13.8 Å². The zero-order valence-electron chi connectivity index (χ0n) is 10.3. The van der Waals surface area contributed by atoms with Gasteiger partial charge in [-0.25, -0.2) is 9.59 Å². The number of hydrogen-bond donors (Lipinski definition) is 3. The average molecular weight is 248 g/mol. The molecule has 0 aromatic carbocycles. The topological polar surface area (TPSA) is 99.1 Å². The highest BCUT2D eigenvalue weighted by Gasteiger charge is 2.20. The van der Waals surface area contributed by atoms with Gasteiger partial charge >= 0.3 is 12.0 Å². The van der Waals surface area contributed by atoms with Crippen LogP contribution in [0.5, 0.6) is 0 Å². The molecule has 0 spiro atoms. The quantitative estimate of drug-likeness (QED) is 0.564. The molecule has 0 rings (SSSR count). The van der Waals surface area contributed by atoms with Gasteiger partial charge < -0.3 is 25.2 Å². The Morgan fingerprint density at radius 1 is 1.41 bits per heavy atom. The van der Waals surface area contributed by atoms with Crippen molar-refractivity contribution in [2.75, 3.05) is 26.8 Å². The average Bonchev–Trinajstić information content (AvgIpc) is 2.24. The number of aliphatic hydroxyl groups excluding tert-OH is 1. The van der Waals surface area contributed by atoms with E-state index in [0.29, 0.717) is 13.2 Å². The Balaban J connectivity index is 4.00. The van der Waals surface area contributed by atoms with E-state index in [1.54, 1.807) is 0 Å². The first kappa shape index (κ1) is 15.7. The number of carboxylic acids is 1. The number of carbonyl (C=O) groups is 2. The Kier molecular flexibility index (Phi) is 7.24. The first-order chi connectivity index (χ1) is 7.88. The van der Waals surface area contributed by atoms with Gasteiger partial charge in [-0.05, 0) is 13.8 Å². The number of aliphatic carboxylic acids is 1. The van der Waals surface area contributed by atoms with Crippen LogP contribution in [-0.4, -0.2) is 66.1 Å². The van der Waals surface area contributed by atoms with Gasteiger partial charge in [0.15, 0.2) is 6.04 Å². The molecule has 0 bridgehead atoms. The van der Waals surface area contributed by atoms with E-state index in [9.17, 15) is 9.59 Å². The van der Waals surface area contributed by atoms with E-state index in [2.05, 4.69) is 5.32 Å². The summed E-state index contributed by atoms with van der Waals surface area (Å²) >= 11 is 0. The fourth-order valence-corrected chi connectivity index (χ4v) is 0.972. The van der Waals surface area contributed by atoms with Crippen LogP contribution in [0, 0.1) is 0 Å². The molecule has 17 heavy (non-hydrogen) atoms. The maximum atomic E-state index is 11.5. The van der Waals surface area contributed by atoms with Gasteiger partial charge in [-0.1, -0.05) is 0 Å². The predicted molar refractivity (Wildman–Crippen MR) is 60.8 cm³/mol. The van der Waals surface area contributed by atoms with Crippen molar-refractivity contribution < 1.29 is 24.5 Å². The van der Waals surface area contributed by atoms with Crippen molar-refractivity contribution in [3.63, 3.8) is 0 Å². The summed E-state index contributed by atoms with van der Waals surface area (Å²) in [5.41, 5.74) is 0. The Morgan fingerprint density at radius 3 is 2.41 bits per heavy atom. The standard InChI is InChI=1S/C10H20N2O5/c1-7(2)17-5-4-12(3)10(16)11-8(6-13)9(14)15/h7-8,13H,4-6H2,1-3H3,(H,11,16)(H,14,15). The van der Waals surface area contributed by atoms with E-state index in [0.717, 1.165) is 0 Å². The lowest BCUT2D eigenvalue weighted by molar-refractivity contribution is -0.140. The van der Waals surface area contributed by atoms with Crippen LogP contribution in [-0.2, 0) is 9.53 Å². The van der Waals surface area contributed by atoms with E-state index in [1.807, 2.05) is 13.8 Å². The molecule has 0 aliphatic rings. The summed E-state index contributed by atoms with van der Waals surface area (Å²) in [6.07, 6.45) is 0.0793. The van der Waals surface area contributed by atoms with Crippen molar-refractivity contribution in [1.29, 1.82) is 0 Å². The number of likely N-dealkylation sites (N-methyl/N-ethyl adjacent to an activating group) is 1. The SMILES string of the molecule is CC(C)OCCN(C)C(=O)NC(CO)C(=O)O. The number of urea groups is 1. The van der Waals surface area contributed by atoms with E-state index in [-0.39, 0.29) is 6.10 Å². The third kappa shape index (κ3) is 6.75. The number of aliphatic hydroxyl groups is 1. The molecule has 3 N–H and O–H groups in total. The molecule has 0 saturated heterocycles. The van der Waals surface area contributed by atoms with E-state index >= 15 is 0 Å². The molecule has 2 amide bonds. The van der Waals surface area contributed by atoms with Crippen LogP contribution in [0.4, 0.5) is 4.79 Å². The molecule has 0 radical (unpaired) electrons. The van der Waals surface area contributed by atoms with Crippen LogP contribution >= 0.6 is 0 Å². The van der Waals surface area contributed by atoms with E-state index in [4.69, 9.17) is 14.9 Å². The van der Waals surface area contributed by atoms with Gasteiger partial charge in [0.25, 0.3) is 0 Å². The number of hydrogen-bond acceptors (Lipinski definition) is 4. The lowest BCUT2D eigenvalue weighted by Gasteiger charge is -2.20. The molecule has 1 atom stereocenters. The van der Waals surface area contributed by atoms with Crippen molar-refractivity contribution in [3.05, 3.63) is 0 Å². The molecule has 0 aliphatic carbocycles. The number of carbonyl (C=O) groups excluding carboxylic acids is 1. The summed E-state index contributed by atoms with van der Waals surface area (Å²) in [7, 11) is 1.52. The van der Waals surface area contributed by atoms with Gasteiger partial charge in [0.05, 0.1) is 19.3 Å². The van der Waals surface area contributed by atoms with Crippen molar-refractivity contribution in [1.82, 2.24) is 10.2 Å². The van der Waals surface area contributed by atoms with Crippen LogP contribution < -0.4 is 5.32 Å². The molecule has 0 saturated carbocycles. The molecular formula is C10H20N2O5. The Hall–Kier alpha value is -1.34. The van der Waals surface area contributed by atoms with Crippen LogP contribution in [0.3, 0.4) is 0 Å². The second-order valence-corrected chi connectivity index (χ2v) is 3.86. The zero-order chi connectivity index (χ0) is 13.4. The predicted octanol–water partition coefficient (Wildman–Crippen LogP) is -0.502. The first-order valence-corrected chi connectivity index (χ1v) is 5.35. The van der Waals surface area contributed by atoms with Crippen molar-refractivity contribution in [3.8, 4) is 0 Å². The number of amides is 2. The summed E-state index contributed by atoms with van der Waals surface area (Å²) in [5.74, 6) is -1.27. The van der Waals surface area contributed by atoms with Gasteiger partial charge in [0.1, 0.15) is 0 Å². The molecular weight excluding hydrogens is 228 g/mol. The molecule has 1 unspecified atom stereocenters. The second-order valence-electron chi connectivity index (χ2n) is 3.86. The third-order valence-electron chi connectivity index (χ3n) is 2.00. The molecule has 0 aromatic rings. The van der Waals surface area contributed by atoms with Crippen molar-refractivity contribution in [2.24, 2.45) is 0 Å². The zero-order valence-corrected chi connectivity index (χ0v) is 10.3. The maximum absolute atomic E-state index is 11.5. The van der Waals surface area contributed by atoms with Gasteiger partial charge in [-0.2, -0.15) is 0 Å². The van der Waals surface area contributed by atoms with Crippen LogP contribution in [0.15, 0.2) is 0 Å². The van der Waals surface area contributed by atoms with Gasteiger partial charge in [-0.3, -0.25) is 0 Å². The van der Waals surface area contributed by atoms with Gasteiger partial charge in [-0.15, -0.1) is 0 Å². The molecule has 100 valence electrons. The Labute approximate surface area is 100 Å². The normalized spacial score (nSPS) is 12.3. The van der Waals surface area contributed by atoms with Crippen molar-refractivity contribution in [2.45, 2.75) is 26.0 Å². The highest BCUT2D eigenvalue weighted by Crippen LogP contribution is 1.92. The summed E-state index contributed by atoms with van der Waals surface area (Å²) in [6, 6.07) is -1.84. The lowest BCUT2D eigenvalue weighted by atomic mass is 10.3. The fourth-order valence-electron chi connectivity index (χ4n) is 0.972. The fraction of sp³-hybridized carbons (Fsp3) is 0.800. The minimum Gasteiger partial charge on any atom is -0.480 e. The Morgan fingerprint density at radius 2 is 2.00 bits per heavy atom. The monoisotopic (exact) mass is 248 g/mol. The first-order valence-electron chi connectivity index (χ1n) is 5.35. The molecule has 0 aliphatic heterocycles. The number of nitrogens with zero attached hydrogens (tertiary/aromatic N) is 1. The minimum absolute atomic E-state index is 0.0793. The van der Waals surface area contributed by atoms with Crippen LogP contribution in [0.25, 0.3) is 0 Å². The molecule has 0 heterocycles. The van der Waals surface area contributed by atoms with E-state index in [1.165, 1.54) is 11.9 Å². The third-order valence-corrected chi connectivity index (χ3v) is 2.00. The molecule has 7 nitrogen and oxygen atoms in total. The highest BCUT2D eigenvalue weighted by atomic mass is 16.5. The number of carboxylic acid groups (broad SMARTS) is 1.